The van der Waals surface area contributed by atoms with E-state index in [1.807, 2.05) is 60.7 Å². The number of Topliss-reactive ketones (excluding diaryl/α,β-unsaturated/α-hetero) is 1. The summed E-state index contributed by atoms with van der Waals surface area (Å²) in [4.78, 5) is 87.1. The normalized spacial score (nSPS) is 18.3. The maximum Gasteiger partial charge on any atom is 0.407 e. The van der Waals surface area contributed by atoms with Gasteiger partial charge in [-0.1, -0.05) is 91.9 Å². The van der Waals surface area contributed by atoms with E-state index >= 15 is 4.79 Å². The van der Waals surface area contributed by atoms with Crippen LogP contribution in [0.25, 0.3) is 10.8 Å². The fourth-order valence-electron chi connectivity index (χ4n) is 9.10. The Bertz CT molecular complexity index is 2210. The molecule has 1 aliphatic carbocycles. The molecule has 0 radical (unpaired) electrons. The maximum absolute atomic E-state index is 15.1. The first kappa shape index (κ1) is 46.5. The van der Waals surface area contributed by atoms with Gasteiger partial charge in [0.05, 0.1) is 24.4 Å². The van der Waals surface area contributed by atoms with E-state index in [4.69, 9.17) is 10.5 Å². The molecular weight excluding hydrogens is 805 g/mol. The number of aliphatic hydroxyl groups is 1. The summed E-state index contributed by atoms with van der Waals surface area (Å²) in [6, 6.07) is 16.9. The van der Waals surface area contributed by atoms with Crippen molar-refractivity contribution in [2.24, 2.45) is 17.6 Å². The van der Waals surface area contributed by atoms with Crippen LogP contribution in [0.5, 0.6) is 0 Å². The highest BCUT2D eigenvalue weighted by molar-refractivity contribution is 6.06. The smallest absolute Gasteiger partial charge is 0.407 e. The van der Waals surface area contributed by atoms with Gasteiger partial charge in [0.2, 0.25) is 17.7 Å². The van der Waals surface area contributed by atoms with E-state index in [-0.39, 0.29) is 63.0 Å². The zero-order valence-corrected chi connectivity index (χ0v) is 36.2. The van der Waals surface area contributed by atoms with E-state index in [0.29, 0.717) is 36.9 Å². The molecule has 0 spiro atoms. The zero-order valence-electron chi connectivity index (χ0n) is 36.2. The number of aldehydes is 1. The van der Waals surface area contributed by atoms with Gasteiger partial charge in [0.15, 0.2) is 5.78 Å². The Morgan fingerprint density at radius 1 is 1.00 bits per heavy atom. The van der Waals surface area contributed by atoms with Crippen LogP contribution in [0, 0.1) is 11.8 Å². The number of carbonyl (C=O) groups is 6. The highest BCUT2D eigenvalue weighted by atomic mass is 16.5. The van der Waals surface area contributed by atoms with Crippen molar-refractivity contribution in [3.8, 4) is 0 Å². The summed E-state index contributed by atoms with van der Waals surface area (Å²) in [6.07, 6.45) is 9.26. The molecule has 4 amide bonds. The Labute approximate surface area is 367 Å². The fourth-order valence-corrected chi connectivity index (χ4v) is 9.10. The van der Waals surface area contributed by atoms with E-state index in [1.165, 1.54) is 15.8 Å². The highest BCUT2D eigenvalue weighted by Gasteiger charge is 2.46. The number of ether oxygens (including phenoxy) is 1. The second kappa shape index (κ2) is 21.4. The molecule has 5 N–H and O–H groups in total. The van der Waals surface area contributed by atoms with E-state index in [0.717, 1.165) is 48.4 Å². The molecule has 63 heavy (non-hydrogen) atoms. The van der Waals surface area contributed by atoms with Crippen molar-refractivity contribution >= 4 is 46.7 Å². The van der Waals surface area contributed by atoms with Crippen molar-refractivity contribution in [1.82, 2.24) is 35.5 Å². The van der Waals surface area contributed by atoms with E-state index in [9.17, 15) is 29.1 Å². The van der Waals surface area contributed by atoms with Crippen molar-refractivity contribution in [2.45, 2.75) is 127 Å². The molecular formula is C47H60N8O8. The molecule has 2 aromatic heterocycles. The first-order chi connectivity index (χ1) is 30.3. The molecule has 16 heteroatoms. The molecule has 1 aliphatic heterocycles. The lowest BCUT2D eigenvalue weighted by Gasteiger charge is -2.34. The quantitative estimate of drug-likeness (QED) is 0.0466. The van der Waals surface area contributed by atoms with Crippen LogP contribution in [-0.2, 0) is 36.1 Å². The number of rotatable bonds is 21. The van der Waals surface area contributed by atoms with E-state index < -0.39 is 53.5 Å². The number of hydrogen-bond donors (Lipinski definition) is 4. The number of hydrogen-bond acceptors (Lipinski definition) is 11. The number of nitrogens with two attached hydrogens (primary N) is 1. The van der Waals surface area contributed by atoms with Crippen LogP contribution in [-0.4, -0.2) is 90.5 Å². The number of fused-ring (bicyclic) bond motifs is 1. The van der Waals surface area contributed by atoms with Gasteiger partial charge >= 0.3 is 6.09 Å². The van der Waals surface area contributed by atoms with Crippen molar-refractivity contribution in [3.63, 3.8) is 0 Å². The van der Waals surface area contributed by atoms with Crippen LogP contribution in [0.2, 0.25) is 0 Å². The minimum Gasteiger partial charge on any atom is -0.445 e. The van der Waals surface area contributed by atoms with Gasteiger partial charge < -0.3 is 35.9 Å². The van der Waals surface area contributed by atoms with E-state index in [2.05, 4.69) is 25.9 Å². The number of alkyl carbamates (subject to hydrolysis) is 1. The molecule has 336 valence electrons. The standard InChI is InChI=1S/C47H60N8O8/c1-46(2,62)40-28-51-53-55(40)36-26-38(43(59)52-47(31-56,27-41(48)58)22-11-12-23-50-45(61)63-30-33-15-7-4-8-16-33)54(29-36)44(60)35(25-32-13-5-3-6-14-32)19-20-39(57)42-37-18-10-9-17-34(37)21-24-49-42/h4,7-10,15-18,21,24,28,31-32,35-36,38,62H,3,5-6,11-14,19-20,22-23,25-27,29-30H2,1-2H3,(H2,48,58)(H,50,61)(H,52,59)/t35-,36+,38+,47?/m1/s1. The topological polar surface area (TPSA) is 229 Å². The highest BCUT2D eigenvalue weighted by Crippen LogP contribution is 2.37. The Morgan fingerprint density at radius 3 is 2.48 bits per heavy atom. The summed E-state index contributed by atoms with van der Waals surface area (Å²) < 4.78 is 6.81. The average molecular weight is 865 g/mol. The SMILES string of the molecule is CC(C)(O)c1cnnn1[C@H]1C[C@@H](C(=O)NC(C=O)(CCCCNC(=O)OCc2ccccc2)CC(N)=O)N(C(=O)[C@H](CCC(=O)c2nccc3ccccc23)CC2CCCCC2)C1. The molecule has 2 aromatic carbocycles. The molecule has 1 saturated carbocycles. The van der Waals surface area contributed by atoms with Gasteiger partial charge in [-0.2, -0.15) is 0 Å². The first-order valence-electron chi connectivity index (χ1n) is 22.1. The van der Waals surface area contributed by atoms with Crippen LogP contribution in [0.1, 0.15) is 125 Å². The lowest BCUT2D eigenvalue weighted by Crippen LogP contribution is -2.57. The van der Waals surface area contributed by atoms with Gasteiger partial charge in [-0.05, 0) is 68.9 Å². The summed E-state index contributed by atoms with van der Waals surface area (Å²) in [7, 11) is 0. The Hall–Kier alpha value is -6.03. The van der Waals surface area contributed by atoms with E-state index in [1.54, 1.807) is 20.0 Å². The van der Waals surface area contributed by atoms with Crippen molar-refractivity contribution < 1.29 is 38.6 Å². The van der Waals surface area contributed by atoms with Crippen molar-refractivity contribution in [3.05, 3.63) is 90.0 Å². The molecule has 3 heterocycles. The van der Waals surface area contributed by atoms with Crippen molar-refractivity contribution in [1.29, 1.82) is 0 Å². The second-order valence-corrected chi connectivity index (χ2v) is 17.6. The van der Waals surface area contributed by atoms with Crippen LogP contribution < -0.4 is 16.4 Å². The summed E-state index contributed by atoms with van der Waals surface area (Å²) in [5.74, 6) is -2.29. The fraction of sp³-hybridized carbons (Fsp3) is 0.511. The minimum absolute atomic E-state index is 0.0244. The number of primary amides is 1. The van der Waals surface area contributed by atoms with Gasteiger partial charge in [0.1, 0.15) is 35.8 Å². The van der Waals surface area contributed by atoms with Gasteiger partial charge in [-0.15, -0.1) is 5.10 Å². The predicted molar refractivity (Wildman–Crippen MR) is 234 cm³/mol. The number of unbranched alkanes of at least 4 members (excludes halogenated alkanes) is 1. The third kappa shape index (κ3) is 12.3. The van der Waals surface area contributed by atoms with Crippen LogP contribution in [0.4, 0.5) is 4.79 Å². The lowest BCUT2D eigenvalue weighted by molar-refractivity contribution is -0.143. The van der Waals surface area contributed by atoms with Crippen molar-refractivity contribution in [2.75, 3.05) is 13.1 Å². The number of aromatic nitrogens is 4. The summed E-state index contributed by atoms with van der Waals surface area (Å²) in [5, 5.41) is 26.5. The third-order valence-electron chi connectivity index (χ3n) is 12.4. The second-order valence-electron chi connectivity index (χ2n) is 17.6. The monoisotopic (exact) mass is 864 g/mol. The number of likely N-dealkylation sites (tertiary alicyclic amines) is 1. The van der Waals surface area contributed by atoms with Crippen LogP contribution >= 0.6 is 0 Å². The molecule has 16 nitrogen and oxygen atoms in total. The Balaban J connectivity index is 1.21. The number of pyridine rings is 1. The minimum atomic E-state index is -1.70. The Kier molecular flexibility index (Phi) is 15.8. The number of benzene rings is 2. The maximum atomic E-state index is 15.1. The number of carbonyl (C=O) groups excluding carboxylic acids is 6. The summed E-state index contributed by atoms with van der Waals surface area (Å²) >= 11 is 0. The Morgan fingerprint density at radius 2 is 1.75 bits per heavy atom. The van der Waals surface area contributed by atoms with Crippen LogP contribution in [0.15, 0.2) is 73.1 Å². The van der Waals surface area contributed by atoms with Gasteiger partial charge in [-0.3, -0.25) is 24.2 Å². The average Bonchev–Trinajstić information content (AvgIpc) is 3.96. The zero-order chi connectivity index (χ0) is 45.0. The largest absolute Gasteiger partial charge is 0.445 e. The molecule has 4 aromatic rings. The lowest BCUT2D eigenvalue weighted by atomic mass is 9.80. The van der Waals surface area contributed by atoms with Crippen LogP contribution in [0.3, 0.4) is 0 Å². The molecule has 2 aliphatic rings. The van der Waals surface area contributed by atoms with Gasteiger partial charge in [0, 0.05) is 43.4 Å². The summed E-state index contributed by atoms with van der Waals surface area (Å²) in [6.45, 7) is 3.54. The number of ketones is 1. The first-order valence-corrected chi connectivity index (χ1v) is 22.1. The molecule has 0 bridgehead atoms. The van der Waals surface area contributed by atoms with Gasteiger partial charge in [0.25, 0.3) is 0 Å². The number of nitrogens with zero attached hydrogens (tertiary/aromatic N) is 5. The predicted octanol–water partition coefficient (Wildman–Crippen LogP) is 5.47. The molecule has 2 fully saturated rings. The summed E-state index contributed by atoms with van der Waals surface area (Å²) in [5.41, 5.74) is 4.18. The third-order valence-corrected chi connectivity index (χ3v) is 12.4. The molecule has 4 atom stereocenters. The molecule has 1 saturated heterocycles. The number of nitrogens with one attached hydrogen (secondary N) is 2. The molecule has 1 unspecified atom stereocenters. The van der Waals surface area contributed by atoms with Gasteiger partial charge in [-0.25, -0.2) is 9.48 Å². The molecule has 6 rings (SSSR count). The number of amides is 4.